The lowest BCUT2D eigenvalue weighted by Gasteiger charge is -2.33. The van der Waals surface area contributed by atoms with Gasteiger partial charge >= 0.3 is 14.9 Å². The van der Waals surface area contributed by atoms with E-state index in [1.165, 1.54) is 0 Å². The zero-order valence-corrected chi connectivity index (χ0v) is 39.7. The van der Waals surface area contributed by atoms with Gasteiger partial charge in [-0.25, -0.2) is 4.67 Å². The van der Waals surface area contributed by atoms with Gasteiger partial charge in [-0.1, -0.05) is 182 Å². The third kappa shape index (κ3) is 9.29. The van der Waals surface area contributed by atoms with Gasteiger partial charge in [0.2, 0.25) is 0 Å². The van der Waals surface area contributed by atoms with Crippen LogP contribution in [0.5, 0.6) is 11.5 Å². The van der Waals surface area contributed by atoms with Gasteiger partial charge in [-0.3, -0.25) is 9.13 Å². The molecular formula is C57H52NO5P3. The molecule has 0 saturated carbocycles. The maximum Gasteiger partial charge on any atom is 0.350 e. The maximum absolute atomic E-state index is 15.4. The smallest absolute Gasteiger partial charge is 0.350 e. The van der Waals surface area contributed by atoms with Crippen molar-refractivity contribution in [2.24, 2.45) is 0 Å². The van der Waals surface area contributed by atoms with Crippen LogP contribution in [-0.4, -0.2) is 17.8 Å². The zero-order valence-electron chi connectivity index (χ0n) is 37.0. The third-order valence-corrected chi connectivity index (χ3v) is 19.9. The molecule has 0 aromatic heterocycles. The molecule has 0 aliphatic rings. The van der Waals surface area contributed by atoms with Gasteiger partial charge < -0.3 is 13.6 Å². The molecule has 0 bridgehead atoms. The molecule has 0 amide bonds. The van der Waals surface area contributed by atoms with Crippen LogP contribution >= 0.6 is 22.0 Å². The SMILES string of the molecule is C=CCN(CC=CC)P(=O)(Oc1ccc(C(C)(c2ccc(OP(=O)(c3ccccc3)c3ccccc3)cc2)c2ccc(P(=O)(c3ccccc3)c3ccccc3)cc2)cc1)c1ccccc1. The maximum atomic E-state index is 15.4. The summed E-state index contributed by atoms with van der Waals surface area (Å²) in [6, 6.07) is 70.7. The molecule has 9 heteroatoms. The predicted octanol–water partition coefficient (Wildman–Crippen LogP) is 11.9. The molecule has 0 aliphatic heterocycles. The van der Waals surface area contributed by atoms with Gasteiger partial charge in [0.15, 0.2) is 7.14 Å². The van der Waals surface area contributed by atoms with Gasteiger partial charge in [-0.05, 0) is 91.2 Å². The minimum Gasteiger partial charge on any atom is -0.437 e. The Kier molecular flexibility index (Phi) is 14.2. The van der Waals surface area contributed by atoms with Crippen molar-refractivity contribution in [3.8, 4) is 11.5 Å². The highest BCUT2D eigenvalue weighted by atomic mass is 31.2. The quantitative estimate of drug-likeness (QED) is 0.0485. The number of hydrogen-bond acceptors (Lipinski definition) is 5. The summed E-state index contributed by atoms with van der Waals surface area (Å²) >= 11 is 0. The van der Waals surface area contributed by atoms with Crippen LogP contribution in [0.2, 0.25) is 0 Å². The normalized spacial score (nSPS) is 13.7. The molecule has 66 heavy (non-hydrogen) atoms. The first-order valence-electron chi connectivity index (χ1n) is 21.9. The van der Waals surface area contributed by atoms with Gasteiger partial charge in [-0.2, -0.15) is 0 Å². The summed E-state index contributed by atoms with van der Waals surface area (Å²) < 4.78 is 60.3. The second-order valence-corrected chi connectivity index (χ2v) is 23.4. The number of benzene rings is 8. The highest BCUT2D eigenvalue weighted by Gasteiger charge is 2.37. The summed E-state index contributed by atoms with van der Waals surface area (Å²) in [6.07, 6.45) is 5.62. The van der Waals surface area contributed by atoms with Gasteiger partial charge in [0.05, 0.1) is 15.9 Å². The van der Waals surface area contributed by atoms with Crippen molar-refractivity contribution in [1.29, 1.82) is 0 Å². The first-order valence-corrected chi connectivity index (χ1v) is 26.8. The zero-order chi connectivity index (χ0) is 46.0. The largest absolute Gasteiger partial charge is 0.437 e. The Hall–Kier alpha value is -6.51. The van der Waals surface area contributed by atoms with E-state index in [1.807, 2.05) is 236 Å². The van der Waals surface area contributed by atoms with Gasteiger partial charge in [0.25, 0.3) is 0 Å². The summed E-state index contributed by atoms with van der Waals surface area (Å²) in [5.41, 5.74) is 2.01. The molecule has 0 N–H and O–H groups in total. The van der Waals surface area contributed by atoms with E-state index in [9.17, 15) is 4.57 Å². The monoisotopic (exact) mass is 923 g/mol. The Bertz CT molecular complexity index is 2940. The van der Waals surface area contributed by atoms with Gasteiger partial charge in [0.1, 0.15) is 11.5 Å². The Balaban J connectivity index is 1.21. The molecule has 8 aromatic rings. The van der Waals surface area contributed by atoms with Crippen LogP contribution in [0.1, 0.15) is 30.5 Å². The van der Waals surface area contributed by atoms with Crippen molar-refractivity contribution in [2.75, 3.05) is 13.1 Å². The third-order valence-electron chi connectivity index (χ3n) is 11.9. The molecule has 0 aliphatic carbocycles. The fourth-order valence-electron chi connectivity index (χ4n) is 8.28. The van der Waals surface area contributed by atoms with Crippen molar-refractivity contribution < 1.29 is 22.7 Å². The first kappa shape index (κ1) is 46.0. The second kappa shape index (κ2) is 20.3. The van der Waals surface area contributed by atoms with E-state index in [0.29, 0.717) is 40.5 Å². The summed E-state index contributed by atoms with van der Waals surface area (Å²) in [7, 11) is -10.4. The summed E-state index contributed by atoms with van der Waals surface area (Å²) in [5, 5.41) is 4.01. The fraction of sp³-hybridized carbons (Fsp3) is 0.0877. The van der Waals surface area contributed by atoms with E-state index in [2.05, 4.69) is 25.6 Å². The van der Waals surface area contributed by atoms with E-state index in [1.54, 1.807) is 6.08 Å². The van der Waals surface area contributed by atoms with Crippen molar-refractivity contribution in [1.82, 2.24) is 4.67 Å². The van der Waals surface area contributed by atoms with Gasteiger partial charge in [0, 0.05) is 34.4 Å². The van der Waals surface area contributed by atoms with Crippen LogP contribution in [0.3, 0.4) is 0 Å². The number of nitrogens with zero attached hydrogens (tertiary/aromatic N) is 1. The Morgan fingerprint density at radius 1 is 0.455 bits per heavy atom. The summed E-state index contributed by atoms with van der Waals surface area (Å²) in [6.45, 7) is 8.79. The van der Waals surface area contributed by atoms with Crippen LogP contribution in [-0.2, 0) is 19.1 Å². The van der Waals surface area contributed by atoms with E-state index < -0.39 is 27.4 Å². The summed E-state index contributed by atoms with van der Waals surface area (Å²) in [4.78, 5) is 0. The van der Waals surface area contributed by atoms with E-state index in [-0.39, 0.29) is 0 Å². The lowest BCUT2D eigenvalue weighted by Crippen LogP contribution is -2.29. The molecule has 0 fully saturated rings. The molecule has 0 heterocycles. The standard InChI is InChI=1S/C57H52NO5P3/c1-4-6-45-58(44-5-2)66(61,56-30-20-11-21-31-56)63-50-40-34-47(35-41-50)57(3,48-36-42-53(43-37-48)64(59,51-22-12-7-13-23-51)52-24-14-8-15-25-52)46-32-38-49(39-33-46)62-65(60,54-26-16-9-17-27-54)55-28-18-10-19-29-55/h4-43H,2,44-45H2,1,3H3. The Morgan fingerprint density at radius 2 is 0.803 bits per heavy atom. The first-order chi connectivity index (χ1) is 32.1. The molecule has 0 spiro atoms. The lowest BCUT2D eigenvalue weighted by atomic mass is 9.71. The molecule has 0 radical (unpaired) electrons. The highest BCUT2D eigenvalue weighted by Crippen LogP contribution is 2.51. The van der Waals surface area contributed by atoms with Crippen molar-refractivity contribution >= 4 is 53.9 Å². The lowest BCUT2D eigenvalue weighted by molar-refractivity contribution is 0.399. The molecule has 8 aromatic carbocycles. The Morgan fingerprint density at radius 3 is 1.20 bits per heavy atom. The number of allylic oxidation sites excluding steroid dienone is 1. The van der Waals surface area contributed by atoms with Crippen LogP contribution in [0.25, 0.3) is 0 Å². The fourth-order valence-corrected chi connectivity index (χ4v) is 15.1. The number of hydrogen-bond donors (Lipinski definition) is 0. The van der Waals surface area contributed by atoms with Crippen LogP contribution in [0, 0.1) is 0 Å². The molecule has 0 saturated heterocycles. The average molecular weight is 924 g/mol. The van der Waals surface area contributed by atoms with Crippen LogP contribution in [0.4, 0.5) is 0 Å². The molecule has 330 valence electrons. The van der Waals surface area contributed by atoms with Crippen LogP contribution < -0.4 is 40.9 Å². The molecule has 6 nitrogen and oxygen atoms in total. The second-order valence-electron chi connectivity index (χ2n) is 16.0. The van der Waals surface area contributed by atoms with Crippen molar-refractivity contribution in [2.45, 2.75) is 19.3 Å². The van der Waals surface area contributed by atoms with E-state index in [0.717, 1.165) is 32.6 Å². The van der Waals surface area contributed by atoms with Crippen molar-refractivity contribution in [3.05, 3.63) is 266 Å². The number of rotatable bonds is 18. The Labute approximate surface area is 389 Å². The van der Waals surface area contributed by atoms with E-state index in [4.69, 9.17) is 9.05 Å². The van der Waals surface area contributed by atoms with Gasteiger partial charge in [-0.15, -0.1) is 6.58 Å². The highest BCUT2D eigenvalue weighted by molar-refractivity contribution is 7.85. The molecular weight excluding hydrogens is 872 g/mol. The minimum atomic E-state index is -3.61. The predicted molar refractivity (Wildman–Crippen MR) is 276 cm³/mol. The molecule has 8 rings (SSSR count). The van der Waals surface area contributed by atoms with Crippen LogP contribution in [0.15, 0.2) is 249 Å². The molecule has 2 unspecified atom stereocenters. The van der Waals surface area contributed by atoms with E-state index >= 15 is 9.13 Å². The van der Waals surface area contributed by atoms with Crippen molar-refractivity contribution in [3.63, 3.8) is 0 Å². The molecule has 2 atom stereocenters. The average Bonchev–Trinajstić information content (AvgIpc) is 3.38. The summed E-state index contributed by atoms with van der Waals surface area (Å²) in [5.74, 6) is 0.910. The topological polar surface area (TPSA) is 72.9 Å². The minimum absolute atomic E-state index is 0.357.